The van der Waals surface area contributed by atoms with Crippen LogP contribution in [0.25, 0.3) is 22.2 Å². The molecular formula is C27H29FN8O3. The topological polar surface area (TPSA) is 142 Å². The van der Waals surface area contributed by atoms with Crippen LogP contribution in [0.2, 0.25) is 0 Å². The summed E-state index contributed by atoms with van der Waals surface area (Å²) in [5.41, 5.74) is 1.84. The van der Waals surface area contributed by atoms with Gasteiger partial charge in [-0.25, -0.2) is 9.37 Å². The van der Waals surface area contributed by atoms with Crippen LogP contribution in [0.3, 0.4) is 0 Å². The number of halogens is 1. The summed E-state index contributed by atoms with van der Waals surface area (Å²) in [4.78, 5) is 34.6. The normalized spacial score (nSPS) is 15.5. The number of amides is 2. The molecule has 1 atom stereocenters. The molecule has 2 amide bonds. The van der Waals surface area contributed by atoms with Gasteiger partial charge >= 0.3 is 0 Å². The molecule has 202 valence electrons. The van der Waals surface area contributed by atoms with E-state index in [1.807, 2.05) is 20.8 Å². The first-order chi connectivity index (χ1) is 18.6. The number of fused-ring (bicyclic) bond motifs is 1. The van der Waals surface area contributed by atoms with Crippen LogP contribution in [0, 0.1) is 5.82 Å². The van der Waals surface area contributed by atoms with Gasteiger partial charge in [0, 0.05) is 42.9 Å². The highest BCUT2D eigenvalue weighted by Crippen LogP contribution is 2.33. The van der Waals surface area contributed by atoms with E-state index >= 15 is 4.39 Å². The summed E-state index contributed by atoms with van der Waals surface area (Å²) >= 11 is 0. The molecule has 1 fully saturated rings. The molecule has 3 N–H and O–H groups in total. The molecule has 4 heterocycles. The number of hydrogen-bond acceptors (Lipinski definition) is 8. The SMILES string of the molecule is C=CC(=O)N1CC[C@@H](Nc2n[nH]c3nccc(-c4ccc(CNC(=O)c5noc(C(C)(C)C)n5)c(F)c4)c23)C1. The van der Waals surface area contributed by atoms with Gasteiger partial charge in [-0.3, -0.25) is 14.7 Å². The molecule has 1 aromatic carbocycles. The number of benzene rings is 1. The summed E-state index contributed by atoms with van der Waals surface area (Å²) in [7, 11) is 0. The van der Waals surface area contributed by atoms with Gasteiger partial charge in [0.2, 0.25) is 11.8 Å². The Bertz CT molecular complexity index is 1550. The molecule has 1 aliphatic heterocycles. The largest absolute Gasteiger partial charge is 0.363 e. The summed E-state index contributed by atoms with van der Waals surface area (Å²) in [6.07, 6.45) is 3.70. The monoisotopic (exact) mass is 532 g/mol. The van der Waals surface area contributed by atoms with Gasteiger partial charge in [0.25, 0.3) is 11.7 Å². The molecule has 5 rings (SSSR count). The Balaban J connectivity index is 1.32. The zero-order valence-electron chi connectivity index (χ0n) is 21.9. The van der Waals surface area contributed by atoms with Crippen molar-refractivity contribution in [2.45, 2.75) is 45.2 Å². The third-order valence-corrected chi connectivity index (χ3v) is 6.55. The van der Waals surface area contributed by atoms with Gasteiger partial charge in [0.1, 0.15) is 5.82 Å². The number of nitrogens with zero attached hydrogens (tertiary/aromatic N) is 5. The van der Waals surface area contributed by atoms with Crippen LogP contribution in [-0.2, 0) is 16.8 Å². The Labute approximate surface area is 223 Å². The second-order valence-corrected chi connectivity index (χ2v) is 10.4. The smallest absolute Gasteiger partial charge is 0.292 e. The van der Waals surface area contributed by atoms with Crippen molar-refractivity contribution in [2.75, 3.05) is 18.4 Å². The van der Waals surface area contributed by atoms with E-state index in [-0.39, 0.29) is 24.3 Å². The van der Waals surface area contributed by atoms with Gasteiger partial charge in [-0.15, -0.1) is 0 Å². The van der Waals surface area contributed by atoms with Gasteiger partial charge in [0.15, 0.2) is 11.5 Å². The van der Waals surface area contributed by atoms with Gasteiger partial charge in [-0.2, -0.15) is 10.1 Å². The molecule has 3 aromatic heterocycles. The predicted molar refractivity (Wildman–Crippen MR) is 142 cm³/mol. The standard InChI is InChI=1S/C27H29FN8O3/c1-5-20(37)36-11-9-17(14-36)31-23-21-18(8-10-29-22(21)33-34-23)15-6-7-16(19(28)12-15)13-30-25(38)24-32-26(39-35-24)27(2,3)4/h5-8,10,12,17H,1,9,11,13-14H2,2-4H3,(H,30,38)(H2,29,31,33,34)/t17-/m1/s1. The highest BCUT2D eigenvalue weighted by molar-refractivity contribution is 6.00. The van der Waals surface area contributed by atoms with Crippen molar-refractivity contribution < 1.29 is 18.5 Å². The maximum absolute atomic E-state index is 15.2. The van der Waals surface area contributed by atoms with E-state index in [2.05, 4.69) is 42.5 Å². The number of carbonyl (C=O) groups excluding carboxylic acids is 2. The lowest BCUT2D eigenvalue weighted by atomic mass is 9.97. The van der Waals surface area contributed by atoms with Gasteiger partial charge in [-0.1, -0.05) is 44.6 Å². The fourth-order valence-corrected chi connectivity index (χ4v) is 4.43. The number of aromatic amines is 1. The van der Waals surface area contributed by atoms with E-state index < -0.39 is 17.1 Å². The summed E-state index contributed by atoms with van der Waals surface area (Å²) in [5, 5.41) is 17.8. The summed E-state index contributed by atoms with van der Waals surface area (Å²) in [6, 6.07) is 6.62. The molecule has 0 bridgehead atoms. The minimum absolute atomic E-state index is 0.00913. The van der Waals surface area contributed by atoms with Crippen molar-refractivity contribution in [3.8, 4) is 11.1 Å². The highest BCUT2D eigenvalue weighted by atomic mass is 19.1. The number of H-pyrrole nitrogens is 1. The Morgan fingerprint density at radius 1 is 1.31 bits per heavy atom. The minimum atomic E-state index is -0.553. The number of pyridine rings is 1. The fraction of sp³-hybridized carbons (Fsp3) is 0.333. The Morgan fingerprint density at radius 2 is 2.13 bits per heavy atom. The molecule has 1 saturated heterocycles. The lowest BCUT2D eigenvalue weighted by Gasteiger charge is -2.15. The van der Waals surface area contributed by atoms with Crippen LogP contribution >= 0.6 is 0 Å². The molecule has 11 nitrogen and oxygen atoms in total. The quantitative estimate of drug-likeness (QED) is 0.307. The van der Waals surface area contributed by atoms with E-state index in [0.29, 0.717) is 41.6 Å². The highest BCUT2D eigenvalue weighted by Gasteiger charge is 2.27. The van der Waals surface area contributed by atoms with E-state index in [9.17, 15) is 9.59 Å². The van der Waals surface area contributed by atoms with Crippen LogP contribution in [-0.4, -0.2) is 61.2 Å². The van der Waals surface area contributed by atoms with Crippen molar-refractivity contribution in [1.82, 2.24) is 35.5 Å². The molecule has 39 heavy (non-hydrogen) atoms. The van der Waals surface area contributed by atoms with E-state index in [1.54, 1.807) is 29.3 Å². The number of nitrogens with one attached hydrogen (secondary N) is 3. The first kappa shape index (κ1) is 26.0. The zero-order chi connectivity index (χ0) is 27.7. The Kier molecular flexibility index (Phi) is 6.85. The fourth-order valence-electron chi connectivity index (χ4n) is 4.43. The second kappa shape index (κ2) is 10.3. The van der Waals surface area contributed by atoms with Crippen LogP contribution in [0.15, 0.2) is 47.6 Å². The van der Waals surface area contributed by atoms with Crippen molar-refractivity contribution in [2.24, 2.45) is 0 Å². The van der Waals surface area contributed by atoms with Gasteiger partial charge in [0.05, 0.1) is 5.39 Å². The number of rotatable bonds is 7. The number of aromatic nitrogens is 5. The zero-order valence-corrected chi connectivity index (χ0v) is 21.9. The molecular weight excluding hydrogens is 503 g/mol. The molecule has 12 heteroatoms. The van der Waals surface area contributed by atoms with Crippen molar-refractivity contribution in [3.63, 3.8) is 0 Å². The van der Waals surface area contributed by atoms with Crippen LogP contribution in [0.5, 0.6) is 0 Å². The number of carbonyl (C=O) groups is 2. The van der Waals surface area contributed by atoms with Crippen LogP contribution in [0.1, 0.15) is 49.3 Å². The number of hydrogen-bond donors (Lipinski definition) is 3. The van der Waals surface area contributed by atoms with Gasteiger partial charge in [-0.05, 0) is 35.8 Å². The predicted octanol–water partition coefficient (Wildman–Crippen LogP) is 3.57. The first-order valence-electron chi connectivity index (χ1n) is 12.6. The summed E-state index contributed by atoms with van der Waals surface area (Å²) in [5.74, 6) is -0.313. The molecule has 0 unspecified atom stereocenters. The summed E-state index contributed by atoms with van der Waals surface area (Å²) < 4.78 is 20.3. The van der Waals surface area contributed by atoms with Crippen molar-refractivity contribution >= 4 is 28.7 Å². The first-order valence-corrected chi connectivity index (χ1v) is 12.6. The lowest BCUT2D eigenvalue weighted by molar-refractivity contribution is -0.125. The Hall–Kier alpha value is -4.61. The van der Waals surface area contributed by atoms with E-state index in [4.69, 9.17) is 4.52 Å². The van der Waals surface area contributed by atoms with E-state index in [1.165, 1.54) is 12.1 Å². The van der Waals surface area contributed by atoms with Crippen LogP contribution < -0.4 is 10.6 Å². The lowest BCUT2D eigenvalue weighted by Crippen LogP contribution is -2.30. The third-order valence-electron chi connectivity index (χ3n) is 6.55. The van der Waals surface area contributed by atoms with Gasteiger partial charge < -0.3 is 20.1 Å². The molecule has 1 aliphatic rings. The van der Waals surface area contributed by atoms with Crippen molar-refractivity contribution in [3.05, 3.63) is 66.2 Å². The molecule has 0 saturated carbocycles. The Morgan fingerprint density at radius 3 is 2.85 bits per heavy atom. The molecule has 0 aliphatic carbocycles. The molecule has 4 aromatic rings. The van der Waals surface area contributed by atoms with E-state index in [0.717, 1.165) is 17.4 Å². The van der Waals surface area contributed by atoms with Crippen molar-refractivity contribution in [1.29, 1.82) is 0 Å². The molecule has 0 radical (unpaired) electrons. The average Bonchev–Trinajstić information content (AvgIpc) is 3.67. The minimum Gasteiger partial charge on any atom is -0.363 e. The number of anilines is 1. The third kappa shape index (κ3) is 5.35. The molecule has 0 spiro atoms. The number of likely N-dealkylation sites (tertiary alicyclic amines) is 1. The maximum Gasteiger partial charge on any atom is 0.292 e. The maximum atomic E-state index is 15.2. The summed E-state index contributed by atoms with van der Waals surface area (Å²) in [6.45, 7) is 10.4. The average molecular weight is 533 g/mol. The second-order valence-electron chi connectivity index (χ2n) is 10.4. The van der Waals surface area contributed by atoms with Crippen LogP contribution in [0.4, 0.5) is 10.2 Å².